The Morgan fingerprint density at radius 1 is 1.06 bits per heavy atom. The minimum absolute atomic E-state index is 0.0794. The van der Waals surface area contributed by atoms with E-state index in [-0.39, 0.29) is 30.1 Å². The summed E-state index contributed by atoms with van der Waals surface area (Å²) in [6, 6.07) is 14.8. The van der Waals surface area contributed by atoms with Gasteiger partial charge < -0.3 is 5.32 Å². The Morgan fingerprint density at radius 3 is 2.36 bits per heavy atom. The van der Waals surface area contributed by atoms with E-state index in [1.807, 2.05) is 62.4 Å². The molecule has 0 radical (unpaired) electrons. The molecular weight excluding hydrogens is 440 g/mol. The van der Waals surface area contributed by atoms with E-state index in [0.717, 1.165) is 17.4 Å². The molecule has 8 nitrogen and oxygen atoms in total. The second-order valence-electron chi connectivity index (χ2n) is 8.21. The number of nitrogens with one attached hydrogen (secondary N) is 1. The lowest BCUT2D eigenvalue weighted by molar-refractivity contribution is -0.116. The number of rotatable bonds is 8. The molecule has 0 saturated heterocycles. The van der Waals surface area contributed by atoms with Crippen LogP contribution in [-0.2, 0) is 21.9 Å². The number of aryl methyl sites for hydroxylation is 2. The van der Waals surface area contributed by atoms with E-state index in [1.54, 1.807) is 18.7 Å². The van der Waals surface area contributed by atoms with E-state index in [9.17, 15) is 18.0 Å². The highest BCUT2D eigenvalue weighted by Gasteiger charge is 2.21. The molecule has 0 aliphatic carbocycles. The maximum atomic E-state index is 13.0. The zero-order valence-corrected chi connectivity index (χ0v) is 20.4. The molecule has 1 aromatic heterocycles. The van der Waals surface area contributed by atoms with Crippen LogP contribution in [0.3, 0.4) is 0 Å². The van der Waals surface area contributed by atoms with Crippen LogP contribution in [0.2, 0.25) is 0 Å². The van der Waals surface area contributed by atoms with Gasteiger partial charge in [-0.1, -0.05) is 30.3 Å². The maximum Gasteiger partial charge on any atom is 0.295 e. The van der Waals surface area contributed by atoms with Crippen LogP contribution in [0.5, 0.6) is 0 Å². The van der Waals surface area contributed by atoms with E-state index >= 15 is 0 Å². The summed E-state index contributed by atoms with van der Waals surface area (Å²) in [4.78, 5) is 25.6. The average molecular weight is 471 g/mol. The SMILES string of the molecule is Cc1ccc(C)c(N(CCCC(=O)Nc2c(C)n(C)n(-c3ccccc3)c2=O)S(C)(=O)=O)c1. The Labute approximate surface area is 194 Å². The Hall–Kier alpha value is -3.33. The molecule has 176 valence electrons. The van der Waals surface area contributed by atoms with Crippen molar-refractivity contribution in [1.29, 1.82) is 0 Å². The molecule has 3 aromatic rings. The number of sulfonamides is 1. The van der Waals surface area contributed by atoms with Gasteiger partial charge in [-0.05, 0) is 56.5 Å². The second-order valence-corrected chi connectivity index (χ2v) is 10.1. The minimum Gasteiger partial charge on any atom is -0.320 e. The number of nitrogens with zero attached hydrogens (tertiary/aromatic N) is 3. The number of aromatic nitrogens is 2. The Bertz CT molecular complexity index is 1320. The topological polar surface area (TPSA) is 93.4 Å². The number of carbonyl (C=O) groups is 1. The molecule has 0 bridgehead atoms. The highest BCUT2D eigenvalue weighted by Crippen LogP contribution is 2.24. The predicted molar refractivity (Wildman–Crippen MR) is 132 cm³/mol. The highest BCUT2D eigenvalue weighted by molar-refractivity contribution is 7.92. The highest BCUT2D eigenvalue weighted by atomic mass is 32.2. The van der Waals surface area contributed by atoms with Gasteiger partial charge >= 0.3 is 0 Å². The second kappa shape index (κ2) is 9.66. The molecule has 0 spiro atoms. The standard InChI is InChI=1S/C24H30N4O4S/c1-17-13-14-18(2)21(16-17)27(33(5,31)32)15-9-12-22(29)25-23-19(3)26(4)28(24(23)30)20-10-7-6-8-11-20/h6-8,10-11,13-14,16H,9,12,15H2,1-5H3,(H,25,29). The Balaban J connectivity index is 1.73. The summed E-state index contributed by atoms with van der Waals surface area (Å²) in [5.74, 6) is -0.338. The minimum atomic E-state index is -3.52. The van der Waals surface area contributed by atoms with Gasteiger partial charge in [-0.3, -0.25) is 18.6 Å². The normalized spacial score (nSPS) is 11.4. The maximum absolute atomic E-state index is 13.0. The predicted octanol–water partition coefficient (Wildman–Crippen LogP) is 3.29. The fourth-order valence-corrected chi connectivity index (χ4v) is 4.77. The molecule has 1 heterocycles. The van der Waals surface area contributed by atoms with Crippen LogP contribution in [0.25, 0.3) is 5.69 Å². The van der Waals surface area contributed by atoms with Crippen LogP contribution in [-0.4, -0.2) is 36.5 Å². The average Bonchev–Trinajstić information content (AvgIpc) is 2.96. The number of anilines is 2. The molecule has 1 amide bonds. The molecule has 1 N–H and O–H groups in total. The first-order valence-corrected chi connectivity index (χ1v) is 12.5. The van der Waals surface area contributed by atoms with Crippen molar-refractivity contribution < 1.29 is 13.2 Å². The van der Waals surface area contributed by atoms with Crippen molar-refractivity contribution in [3.63, 3.8) is 0 Å². The van der Waals surface area contributed by atoms with E-state index in [1.165, 1.54) is 8.99 Å². The van der Waals surface area contributed by atoms with Gasteiger partial charge in [0.1, 0.15) is 5.69 Å². The molecule has 33 heavy (non-hydrogen) atoms. The number of benzene rings is 2. The van der Waals surface area contributed by atoms with Crippen molar-refractivity contribution in [1.82, 2.24) is 9.36 Å². The molecule has 0 unspecified atom stereocenters. The summed E-state index contributed by atoms with van der Waals surface area (Å²) in [5, 5.41) is 2.72. The molecular formula is C24H30N4O4S. The quantitative estimate of drug-likeness (QED) is 0.547. The van der Waals surface area contributed by atoms with Crippen LogP contribution < -0.4 is 15.2 Å². The lowest BCUT2D eigenvalue weighted by Gasteiger charge is -2.24. The van der Waals surface area contributed by atoms with Gasteiger partial charge in [-0.2, -0.15) is 0 Å². The van der Waals surface area contributed by atoms with Crippen molar-refractivity contribution in [3.05, 3.63) is 75.7 Å². The monoisotopic (exact) mass is 470 g/mol. The van der Waals surface area contributed by atoms with Gasteiger partial charge in [0.2, 0.25) is 15.9 Å². The Morgan fingerprint density at radius 2 is 1.73 bits per heavy atom. The van der Waals surface area contributed by atoms with Crippen molar-refractivity contribution in [2.45, 2.75) is 33.6 Å². The molecule has 0 aliphatic rings. The fourth-order valence-electron chi connectivity index (χ4n) is 3.75. The van der Waals surface area contributed by atoms with E-state index in [0.29, 0.717) is 23.5 Å². The fraction of sp³-hybridized carbons (Fsp3) is 0.333. The van der Waals surface area contributed by atoms with Crippen molar-refractivity contribution >= 4 is 27.3 Å². The molecule has 0 aliphatic heterocycles. The first-order valence-electron chi connectivity index (χ1n) is 10.7. The third kappa shape index (κ3) is 5.36. The number of amides is 1. The molecule has 3 rings (SSSR count). The smallest absolute Gasteiger partial charge is 0.295 e. The van der Waals surface area contributed by atoms with Crippen LogP contribution >= 0.6 is 0 Å². The van der Waals surface area contributed by atoms with Crippen LogP contribution in [0.15, 0.2) is 53.3 Å². The van der Waals surface area contributed by atoms with Crippen LogP contribution in [0.1, 0.15) is 29.7 Å². The van der Waals surface area contributed by atoms with Crippen LogP contribution in [0, 0.1) is 20.8 Å². The largest absolute Gasteiger partial charge is 0.320 e. The van der Waals surface area contributed by atoms with Gasteiger partial charge in [0.05, 0.1) is 23.3 Å². The number of hydrogen-bond donors (Lipinski definition) is 1. The van der Waals surface area contributed by atoms with E-state index in [2.05, 4.69) is 5.32 Å². The zero-order chi connectivity index (χ0) is 24.3. The van der Waals surface area contributed by atoms with E-state index in [4.69, 9.17) is 0 Å². The summed E-state index contributed by atoms with van der Waals surface area (Å²) < 4.78 is 29.3. The van der Waals surface area contributed by atoms with Crippen LogP contribution in [0.4, 0.5) is 11.4 Å². The molecule has 0 saturated carbocycles. The summed E-state index contributed by atoms with van der Waals surface area (Å²) in [7, 11) is -1.76. The summed E-state index contributed by atoms with van der Waals surface area (Å²) >= 11 is 0. The summed E-state index contributed by atoms with van der Waals surface area (Å²) in [5.41, 5.74) is 3.65. The zero-order valence-electron chi connectivity index (χ0n) is 19.6. The molecule has 9 heteroatoms. The van der Waals surface area contributed by atoms with Gasteiger partial charge in [0.15, 0.2) is 0 Å². The lowest BCUT2D eigenvalue weighted by atomic mass is 10.1. The van der Waals surface area contributed by atoms with Crippen molar-refractivity contribution in [2.75, 3.05) is 22.4 Å². The number of hydrogen-bond acceptors (Lipinski definition) is 4. The third-order valence-electron chi connectivity index (χ3n) is 5.62. The molecule has 0 fully saturated rings. The number of carbonyl (C=O) groups excluding carboxylic acids is 1. The third-order valence-corrected chi connectivity index (χ3v) is 6.80. The first-order chi connectivity index (χ1) is 15.5. The first kappa shape index (κ1) is 24.3. The molecule has 2 aromatic carbocycles. The number of para-hydroxylation sites is 1. The van der Waals surface area contributed by atoms with Gasteiger partial charge in [0.25, 0.3) is 5.56 Å². The summed E-state index contributed by atoms with van der Waals surface area (Å²) in [6.45, 7) is 5.69. The Kier molecular flexibility index (Phi) is 7.12. The van der Waals surface area contributed by atoms with Gasteiger partial charge in [-0.25, -0.2) is 13.1 Å². The van der Waals surface area contributed by atoms with E-state index < -0.39 is 10.0 Å². The van der Waals surface area contributed by atoms with Crippen molar-refractivity contribution in [2.24, 2.45) is 7.05 Å². The summed E-state index contributed by atoms with van der Waals surface area (Å²) in [6.07, 6.45) is 1.55. The molecule has 0 atom stereocenters. The van der Waals surface area contributed by atoms with Gasteiger partial charge in [-0.15, -0.1) is 0 Å². The van der Waals surface area contributed by atoms with Crippen molar-refractivity contribution in [3.8, 4) is 5.69 Å². The lowest BCUT2D eigenvalue weighted by Crippen LogP contribution is -2.32. The van der Waals surface area contributed by atoms with Gasteiger partial charge in [0, 0.05) is 20.0 Å².